The Bertz CT molecular complexity index is 666. The highest BCUT2D eigenvalue weighted by Crippen LogP contribution is 2.36. The van der Waals surface area contributed by atoms with Crippen LogP contribution in [0.15, 0.2) is 54.6 Å². The molecule has 0 saturated carbocycles. The molecule has 1 aromatic carbocycles. The first-order valence-electron chi connectivity index (χ1n) is 6.96. The van der Waals surface area contributed by atoms with Crippen LogP contribution in [0.4, 0.5) is 0 Å². The van der Waals surface area contributed by atoms with Crippen LogP contribution in [0.1, 0.15) is 31.0 Å². The molecule has 96 valence electrons. The highest BCUT2D eigenvalue weighted by Gasteiger charge is 2.29. The second-order valence-electron chi connectivity index (χ2n) is 5.34. The van der Waals surface area contributed by atoms with Gasteiger partial charge in [-0.2, -0.15) is 0 Å². The summed E-state index contributed by atoms with van der Waals surface area (Å²) in [6.45, 7) is 4.43. The van der Waals surface area contributed by atoms with Crippen molar-refractivity contribution in [3.8, 4) is 0 Å². The number of allylic oxidation sites excluding steroid dienone is 4. The lowest BCUT2D eigenvalue weighted by molar-refractivity contribution is 0.504. The average Bonchev–Trinajstić information content (AvgIpc) is 2.48. The van der Waals surface area contributed by atoms with Gasteiger partial charge in [-0.1, -0.05) is 49.4 Å². The molecule has 0 amide bonds. The Kier molecular flexibility index (Phi) is 2.98. The molecule has 1 atom stereocenters. The molecule has 1 heterocycles. The summed E-state index contributed by atoms with van der Waals surface area (Å²) >= 11 is 0. The lowest BCUT2D eigenvalue weighted by Crippen LogP contribution is -2.24. The van der Waals surface area contributed by atoms with E-state index in [1.54, 1.807) is 0 Å². The van der Waals surface area contributed by atoms with E-state index >= 15 is 0 Å². The van der Waals surface area contributed by atoms with Crippen LogP contribution in [0.3, 0.4) is 0 Å². The van der Waals surface area contributed by atoms with Gasteiger partial charge in [0.1, 0.15) is 0 Å². The summed E-state index contributed by atoms with van der Waals surface area (Å²) < 4.78 is 0. The van der Waals surface area contributed by atoms with Gasteiger partial charge in [-0.3, -0.25) is 4.98 Å². The van der Waals surface area contributed by atoms with E-state index in [-0.39, 0.29) is 5.41 Å². The quantitative estimate of drug-likeness (QED) is 0.751. The smallest absolute Gasteiger partial charge is 0.0708 e. The average molecular weight is 249 g/mol. The molecule has 1 aromatic heterocycles. The van der Waals surface area contributed by atoms with E-state index in [4.69, 9.17) is 4.98 Å². The van der Waals surface area contributed by atoms with Gasteiger partial charge in [0.05, 0.1) is 11.2 Å². The van der Waals surface area contributed by atoms with Crippen molar-refractivity contribution in [1.82, 2.24) is 4.98 Å². The fraction of sp³-hybridized carbons (Fsp3) is 0.278. The van der Waals surface area contributed by atoms with E-state index in [2.05, 4.69) is 68.5 Å². The fourth-order valence-electron chi connectivity index (χ4n) is 2.90. The van der Waals surface area contributed by atoms with Gasteiger partial charge >= 0.3 is 0 Å². The van der Waals surface area contributed by atoms with Gasteiger partial charge in [0.15, 0.2) is 0 Å². The van der Waals surface area contributed by atoms with Crippen LogP contribution in [-0.4, -0.2) is 4.98 Å². The third kappa shape index (κ3) is 1.99. The molecular weight excluding hydrogens is 230 g/mol. The summed E-state index contributed by atoms with van der Waals surface area (Å²) in [4.78, 5) is 4.92. The molecule has 1 aliphatic rings. The van der Waals surface area contributed by atoms with E-state index in [9.17, 15) is 0 Å². The number of nitrogens with zero attached hydrogens (tertiary/aromatic N) is 1. The SMILES string of the molecule is CCC1(c2cc(C)c3ccccc3n2)C=CC=CC1. The van der Waals surface area contributed by atoms with Crippen molar-refractivity contribution in [1.29, 1.82) is 0 Å². The highest BCUT2D eigenvalue weighted by atomic mass is 14.7. The van der Waals surface area contributed by atoms with Gasteiger partial charge in [0.2, 0.25) is 0 Å². The van der Waals surface area contributed by atoms with Crippen molar-refractivity contribution >= 4 is 10.9 Å². The number of fused-ring (bicyclic) bond motifs is 1. The van der Waals surface area contributed by atoms with Crippen LogP contribution in [0.5, 0.6) is 0 Å². The normalized spacial score (nSPS) is 22.0. The Labute approximate surface area is 114 Å². The maximum absolute atomic E-state index is 4.92. The summed E-state index contributed by atoms with van der Waals surface area (Å²) in [7, 11) is 0. The molecule has 2 aromatic rings. The van der Waals surface area contributed by atoms with E-state index in [1.165, 1.54) is 16.6 Å². The Morgan fingerprint density at radius 3 is 2.79 bits per heavy atom. The van der Waals surface area contributed by atoms with E-state index in [1.807, 2.05) is 0 Å². The Balaban J connectivity index is 2.20. The molecule has 1 unspecified atom stereocenters. The second-order valence-corrected chi connectivity index (χ2v) is 5.34. The lowest BCUT2D eigenvalue weighted by Gasteiger charge is -2.30. The van der Waals surface area contributed by atoms with Crippen molar-refractivity contribution in [2.24, 2.45) is 0 Å². The van der Waals surface area contributed by atoms with Crippen LogP contribution >= 0.6 is 0 Å². The van der Waals surface area contributed by atoms with Crippen LogP contribution in [0, 0.1) is 6.92 Å². The lowest BCUT2D eigenvalue weighted by atomic mass is 9.75. The van der Waals surface area contributed by atoms with Crippen LogP contribution in [0.2, 0.25) is 0 Å². The molecular formula is C18H19N. The molecule has 0 saturated heterocycles. The number of aryl methyl sites for hydroxylation is 1. The monoisotopic (exact) mass is 249 g/mol. The van der Waals surface area contributed by atoms with Crippen molar-refractivity contribution in [3.63, 3.8) is 0 Å². The standard InChI is InChI=1S/C18H19N/c1-3-18(11-7-4-8-12-18)17-13-14(2)15-9-5-6-10-16(15)19-17/h4-11,13H,3,12H2,1-2H3. The summed E-state index contributed by atoms with van der Waals surface area (Å²) in [5, 5.41) is 1.26. The summed E-state index contributed by atoms with van der Waals surface area (Å²) in [5.74, 6) is 0. The van der Waals surface area contributed by atoms with Crippen molar-refractivity contribution in [2.45, 2.75) is 32.1 Å². The summed E-state index contributed by atoms with van der Waals surface area (Å²) in [6.07, 6.45) is 11.0. The van der Waals surface area contributed by atoms with Crippen LogP contribution < -0.4 is 0 Å². The van der Waals surface area contributed by atoms with E-state index in [0.29, 0.717) is 0 Å². The third-order valence-corrected chi connectivity index (χ3v) is 4.21. The number of aromatic nitrogens is 1. The van der Waals surface area contributed by atoms with Crippen molar-refractivity contribution < 1.29 is 0 Å². The number of hydrogen-bond donors (Lipinski definition) is 0. The molecule has 19 heavy (non-hydrogen) atoms. The van der Waals surface area contributed by atoms with Crippen molar-refractivity contribution in [2.75, 3.05) is 0 Å². The summed E-state index contributed by atoms with van der Waals surface area (Å²) in [6, 6.07) is 10.7. The van der Waals surface area contributed by atoms with E-state index < -0.39 is 0 Å². The zero-order valence-corrected chi connectivity index (χ0v) is 11.6. The minimum atomic E-state index is 0.0730. The molecule has 0 aliphatic heterocycles. The minimum Gasteiger partial charge on any atom is -0.252 e. The number of pyridine rings is 1. The zero-order valence-electron chi connectivity index (χ0n) is 11.6. The van der Waals surface area contributed by atoms with Gasteiger partial charge in [-0.25, -0.2) is 0 Å². The molecule has 0 bridgehead atoms. The molecule has 3 rings (SSSR count). The van der Waals surface area contributed by atoms with Gasteiger partial charge in [-0.05, 0) is 37.5 Å². The number of benzene rings is 1. The first-order chi connectivity index (χ1) is 9.25. The Morgan fingerprint density at radius 2 is 2.05 bits per heavy atom. The van der Waals surface area contributed by atoms with E-state index in [0.717, 1.165) is 18.4 Å². The maximum atomic E-state index is 4.92. The molecule has 0 fully saturated rings. The zero-order chi connectivity index (χ0) is 13.3. The molecule has 1 nitrogen and oxygen atoms in total. The number of hydrogen-bond acceptors (Lipinski definition) is 1. The summed E-state index contributed by atoms with van der Waals surface area (Å²) in [5.41, 5.74) is 3.69. The molecule has 1 aliphatic carbocycles. The predicted molar refractivity (Wildman–Crippen MR) is 81.3 cm³/mol. The van der Waals surface area contributed by atoms with Gasteiger partial charge in [0, 0.05) is 10.8 Å². The predicted octanol–water partition coefficient (Wildman–Crippen LogP) is 4.71. The second kappa shape index (κ2) is 4.65. The molecule has 0 spiro atoms. The van der Waals surface area contributed by atoms with Gasteiger partial charge < -0.3 is 0 Å². The molecule has 1 heteroatoms. The Morgan fingerprint density at radius 1 is 1.21 bits per heavy atom. The maximum Gasteiger partial charge on any atom is 0.0708 e. The van der Waals surface area contributed by atoms with Crippen LogP contribution in [-0.2, 0) is 5.41 Å². The fourth-order valence-corrected chi connectivity index (χ4v) is 2.90. The van der Waals surface area contributed by atoms with Gasteiger partial charge in [0.25, 0.3) is 0 Å². The largest absolute Gasteiger partial charge is 0.252 e. The third-order valence-electron chi connectivity index (χ3n) is 4.21. The minimum absolute atomic E-state index is 0.0730. The number of rotatable bonds is 2. The highest BCUT2D eigenvalue weighted by molar-refractivity contribution is 5.82. The number of para-hydroxylation sites is 1. The molecule has 0 N–H and O–H groups in total. The first-order valence-corrected chi connectivity index (χ1v) is 6.96. The topological polar surface area (TPSA) is 12.9 Å². The van der Waals surface area contributed by atoms with Crippen LogP contribution in [0.25, 0.3) is 10.9 Å². The Hall–Kier alpha value is -1.89. The first kappa shape index (κ1) is 12.2. The van der Waals surface area contributed by atoms with Crippen molar-refractivity contribution in [3.05, 3.63) is 65.9 Å². The van der Waals surface area contributed by atoms with Gasteiger partial charge in [-0.15, -0.1) is 0 Å². The molecule has 0 radical (unpaired) electrons.